The number of hydrogen-bond donors (Lipinski definition) is 1. The van der Waals surface area contributed by atoms with Gasteiger partial charge in [-0.25, -0.2) is 0 Å². The first kappa shape index (κ1) is 15.1. The van der Waals surface area contributed by atoms with Crippen molar-refractivity contribution in [3.63, 3.8) is 0 Å². The lowest BCUT2D eigenvalue weighted by Gasteiger charge is -2.07. The zero-order valence-corrected chi connectivity index (χ0v) is 10.7. The highest BCUT2D eigenvalue weighted by atomic mass is 32.2. The fourth-order valence-electron chi connectivity index (χ4n) is 0.816. The summed E-state index contributed by atoms with van der Waals surface area (Å²) in [7, 11) is -1.89. The Morgan fingerprint density at radius 1 is 1.12 bits per heavy atom. The van der Waals surface area contributed by atoms with Gasteiger partial charge in [0.15, 0.2) is 0 Å². The van der Waals surface area contributed by atoms with Crippen molar-refractivity contribution in [2.45, 2.75) is 18.7 Å². The van der Waals surface area contributed by atoms with Crippen molar-refractivity contribution < 1.29 is 13.0 Å². The Bertz CT molecular complexity index is 371. The highest BCUT2D eigenvalue weighted by Gasteiger charge is 2.05. The minimum absolute atomic E-state index is 0.0741. The Hall–Kier alpha value is -0.910. The predicted octanol–water partition coefficient (Wildman–Crippen LogP) is 1.89. The summed E-state index contributed by atoms with van der Waals surface area (Å²) in [4.78, 5) is 2.18. The molecule has 0 bridgehead atoms. The zero-order valence-electron chi connectivity index (χ0n) is 9.92. The molecule has 0 unspecified atom stereocenters. The van der Waals surface area contributed by atoms with Crippen LogP contribution in [0.2, 0.25) is 0 Å². The Kier molecular flexibility index (Phi) is 6.96. The third-order valence-electron chi connectivity index (χ3n) is 2.12. The van der Waals surface area contributed by atoms with E-state index in [-0.39, 0.29) is 4.90 Å². The quantitative estimate of drug-likeness (QED) is 0.826. The van der Waals surface area contributed by atoms with E-state index >= 15 is 0 Å². The standard InChI is InChI=1S/C6H6O3S.C5H13N/c7-10(8,9)6-4-2-1-3-5-6;1-4-6(3)5-2/h1-5H,(H,7,8,9);4-5H2,1-3H3. The molecule has 1 rings (SSSR count). The molecule has 4 nitrogen and oxygen atoms in total. The molecule has 0 aliphatic rings. The Morgan fingerprint density at radius 3 is 1.75 bits per heavy atom. The fourth-order valence-corrected chi connectivity index (χ4v) is 1.32. The summed E-state index contributed by atoms with van der Waals surface area (Å²) in [6, 6.07) is 7.42. The van der Waals surface area contributed by atoms with Crippen LogP contribution in [0, 0.1) is 0 Å². The second kappa shape index (κ2) is 7.38. The first-order valence-electron chi connectivity index (χ1n) is 5.12. The lowest BCUT2D eigenvalue weighted by molar-refractivity contribution is 0.373. The topological polar surface area (TPSA) is 57.6 Å². The highest BCUT2D eigenvalue weighted by Crippen LogP contribution is 2.05. The Labute approximate surface area is 97.7 Å². The molecule has 0 spiro atoms. The average molecular weight is 245 g/mol. The van der Waals surface area contributed by atoms with Gasteiger partial charge < -0.3 is 4.90 Å². The second-order valence-electron chi connectivity index (χ2n) is 3.28. The fraction of sp³-hybridized carbons (Fsp3) is 0.455. The summed E-state index contributed by atoms with van der Waals surface area (Å²) >= 11 is 0. The highest BCUT2D eigenvalue weighted by molar-refractivity contribution is 7.85. The molecule has 1 aromatic carbocycles. The molecule has 0 heterocycles. The van der Waals surface area contributed by atoms with Crippen LogP contribution < -0.4 is 0 Å². The maximum Gasteiger partial charge on any atom is 0.294 e. The number of nitrogens with zero attached hydrogens (tertiary/aromatic N) is 1. The summed E-state index contributed by atoms with van der Waals surface area (Å²) < 4.78 is 29.2. The van der Waals surface area contributed by atoms with Gasteiger partial charge in [-0.15, -0.1) is 0 Å². The Balaban J connectivity index is 0.000000325. The maximum absolute atomic E-state index is 10.4. The third kappa shape index (κ3) is 6.55. The lowest BCUT2D eigenvalue weighted by Crippen LogP contribution is -2.15. The third-order valence-corrected chi connectivity index (χ3v) is 2.99. The van der Waals surface area contributed by atoms with E-state index in [9.17, 15) is 8.42 Å². The van der Waals surface area contributed by atoms with Crippen molar-refractivity contribution in [3.05, 3.63) is 30.3 Å². The molecule has 0 aromatic heterocycles. The van der Waals surface area contributed by atoms with E-state index in [4.69, 9.17) is 4.55 Å². The van der Waals surface area contributed by atoms with Crippen LogP contribution in [0.15, 0.2) is 35.2 Å². The van der Waals surface area contributed by atoms with E-state index in [0.29, 0.717) is 0 Å². The van der Waals surface area contributed by atoms with E-state index in [1.54, 1.807) is 18.2 Å². The molecule has 0 radical (unpaired) electrons. The van der Waals surface area contributed by atoms with Crippen LogP contribution in [0.3, 0.4) is 0 Å². The molecule has 0 aliphatic heterocycles. The van der Waals surface area contributed by atoms with Gasteiger partial charge in [-0.2, -0.15) is 8.42 Å². The summed E-state index contributed by atoms with van der Waals surface area (Å²) in [5.41, 5.74) is 0. The molecule has 0 saturated carbocycles. The minimum Gasteiger partial charge on any atom is -0.307 e. The summed E-state index contributed by atoms with van der Waals surface area (Å²) in [6.45, 7) is 6.64. The average Bonchev–Trinajstić information content (AvgIpc) is 2.29. The number of hydrogen-bond acceptors (Lipinski definition) is 3. The molecular weight excluding hydrogens is 226 g/mol. The van der Waals surface area contributed by atoms with Gasteiger partial charge in [0.1, 0.15) is 0 Å². The number of benzene rings is 1. The van der Waals surface area contributed by atoms with E-state index in [1.165, 1.54) is 12.1 Å². The van der Waals surface area contributed by atoms with Crippen LogP contribution in [0.5, 0.6) is 0 Å². The van der Waals surface area contributed by atoms with Crippen LogP contribution in [0.4, 0.5) is 0 Å². The smallest absolute Gasteiger partial charge is 0.294 e. The van der Waals surface area contributed by atoms with Gasteiger partial charge >= 0.3 is 0 Å². The Morgan fingerprint density at radius 2 is 1.56 bits per heavy atom. The normalized spacial score (nSPS) is 10.8. The minimum atomic E-state index is -4.00. The lowest BCUT2D eigenvalue weighted by atomic mass is 10.4. The molecule has 92 valence electrons. The molecule has 1 N–H and O–H groups in total. The van der Waals surface area contributed by atoms with E-state index in [2.05, 4.69) is 25.8 Å². The molecule has 1 aromatic rings. The van der Waals surface area contributed by atoms with Crippen molar-refractivity contribution in [1.29, 1.82) is 0 Å². The van der Waals surface area contributed by atoms with Crippen LogP contribution in [0.25, 0.3) is 0 Å². The first-order chi connectivity index (χ1) is 7.41. The largest absolute Gasteiger partial charge is 0.307 e. The molecule has 16 heavy (non-hydrogen) atoms. The van der Waals surface area contributed by atoms with Crippen molar-refractivity contribution in [1.82, 2.24) is 4.90 Å². The van der Waals surface area contributed by atoms with Gasteiger partial charge in [0.25, 0.3) is 10.1 Å². The van der Waals surface area contributed by atoms with Gasteiger partial charge in [-0.05, 0) is 32.3 Å². The van der Waals surface area contributed by atoms with E-state index < -0.39 is 10.1 Å². The summed E-state index contributed by atoms with van der Waals surface area (Å²) in [5.74, 6) is 0. The molecule has 0 saturated heterocycles. The van der Waals surface area contributed by atoms with Crippen LogP contribution >= 0.6 is 0 Å². The predicted molar refractivity (Wildman–Crippen MR) is 65.1 cm³/mol. The molecule has 0 aliphatic carbocycles. The monoisotopic (exact) mass is 245 g/mol. The van der Waals surface area contributed by atoms with Crippen molar-refractivity contribution in [2.75, 3.05) is 20.1 Å². The maximum atomic E-state index is 10.4. The van der Waals surface area contributed by atoms with Crippen molar-refractivity contribution in [2.24, 2.45) is 0 Å². The van der Waals surface area contributed by atoms with Crippen LogP contribution in [0.1, 0.15) is 13.8 Å². The van der Waals surface area contributed by atoms with Crippen LogP contribution in [-0.2, 0) is 10.1 Å². The van der Waals surface area contributed by atoms with Crippen molar-refractivity contribution in [3.8, 4) is 0 Å². The van der Waals surface area contributed by atoms with E-state index in [0.717, 1.165) is 13.1 Å². The summed E-state index contributed by atoms with van der Waals surface area (Å²) in [5, 5.41) is 0. The number of rotatable bonds is 3. The van der Waals surface area contributed by atoms with E-state index in [1.807, 2.05) is 0 Å². The zero-order chi connectivity index (χ0) is 12.6. The van der Waals surface area contributed by atoms with Gasteiger partial charge in [-0.3, -0.25) is 4.55 Å². The van der Waals surface area contributed by atoms with Gasteiger partial charge in [0.2, 0.25) is 0 Å². The van der Waals surface area contributed by atoms with Gasteiger partial charge in [0, 0.05) is 0 Å². The van der Waals surface area contributed by atoms with Gasteiger partial charge in [0.05, 0.1) is 4.90 Å². The molecule has 5 heteroatoms. The summed E-state index contributed by atoms with van der Waals surface area (Å²) in [6.07, 6.45) is 0. The molecule has 0 amide bonds. The first-order valence-corrected chi connectivity index (χ1v) is 6.56. The molecule has 0 atom stereocenters. The SMILES string of the molecule is CCN(C)CC.O=S(=O)(O)c1ccccc1. The second-order valence-corrected chi connectivity index (χ2v) is 4.70. The van der Waals surface area contributed by atoms with Crippen molar-refractivity contribution >= 4 is 10.1 Å². The van der Waals surface area contributed by atoms with Gasteiger partial charge in [-0.1, -0.05) is 32.0 Å². The van der Waals surface area contributed by atoms with Crippen LogP contribution in [-0.4, -0.2) is 38.0 Å². The molecule has 0 fully saturated rings. The molecular formula is C11H19NO3S.